The summed E-state index contributed by atoms with van der Waals surface area (Å²) in [5, 5.41) is 13.7. The van der Waals surface area contributed by atoms with E-state index in [2.05, 4.69) is 21.8 Å². The second-order valence-corrected chi connectivity index (χ2v) is 7.77. The fourth-order valence-electron chi connectivity index (χ4n) is 3.86. The first-order valence-corrected chi connectivity index (χ1v) is 10.5. The Labute approximate surface area is 185 Å². The molecule has 8 heteroatoms. The number of benzene rings is 1. The Hall–Kier alpha value is -3.49. The van der Waals surface area contributed by atoms with E-state index in [1.54, 1.807) is 12.3 Å². The average Bonchev–Trinajstić information content (AvgIpc) is 2.80. The van der Waals surface area contributed by atoms with Gasteiger partial charge in [-0.1, -0.05) is 36.4 Å². The van der Waals surface area contributed by atoms with Gasteiger partial charge >= 0.3 is 0 Å². The molecule has 0 unspecified atom stereocenters. The van der Waals surface area contributed by atoms with E-state index >= 15 is 0 Å². The lowest BCUT2D eigenvalue weighted by Crippen LogP contribution is -2.40. The van der Waals surface area contributed by atoms with Gasteiger partial charge in [0.2, 0.25) is 0 Å². The second-order valence-electron chi connectivity index (χ2n) is 7.77. The minimum atomic E-state index is -0.703. The number of hydrogen-bond donors (Lipinski definition) is 2. The molecule has 3 heterocycles. The number of amides is 1. The summed E-state index contributed by atoms with van der Waals surface area (Å²) in [6.45, 7) is 9.27. The quantitative estimate of drug-likeness (QED) is 0.618. The summed E-state index contributed by atoms with van der Waals surface area (Å²) < 4.78 is 6.84. The van der Waals surface area contributed by atoms with Crippen molar-refractivity contribution in [1.29, 1.82) is 0 Å². The van der Waals surface area contributed by atoms with Crippen LogP contribution < -0.4 is 10.9 Å². The van der Waals surface area contributed by atoms with E-state index in [0.717, 1.165) is 29.8 Å². The summed E-state index contributed by atoms with van der Waals surface area (Å²) in [5.41, 5.74) is 2.27. The summed E-state index contributed by atoms with van der Waals surface area (Å²) >= 11 is 0. The highest BCUT2D eigenvalue weighted by molar-refractivity contribution is 6.02. The maximum atomic E-state index is 13.2. The van der Waals surface area contributed by atoms with Crippen molar-refractivity contribution in [2.45, 2.75) is 13.5 Å². The molecule has 0 radical (unpaired) electrons. The standard InChI is InChI=1S/C24H26N4O4/c1-3-25-23(30)20-21(29)19-14-18(17-6-4-16(2)5-7-17)15-26-22(19)28(24(20)31)9-8-27-10-12-32-13-11-27/h3-7,14-15,29H,1,8-13H2,2H3,(H,25,30). The summed E-state index contributed by atoms with van der Waals surface area (Å²) in [4.78, 5) is 32.5. The van der Waals surface area contributed by atoms with Crippen molar-refractivity contribution in [3.8, 4) is 16.9 Å². The highest BCUT2D eigenvalue weighted by Crippen LogP contribution is 2.30. The molecular formula is C24H26N4O4. The number of carbonyl (C=O) groups is 1. The molecular weight excluding hydrogens is 408 g/mol. The molecule has 166 valence electrons. The van der Waals surface area contributed by atoms with Crippen LogP contribution in [0.1, 0.15) is 15.9 Å². The van der Waals surface area contributed by atoms with Crippen LogP contribution in [0.4, 0.5) is 0 Å². The molecule has 0 spiro atoms. The van der Waals surface area contributed by atoms with Crippen LogP contribution in [-0.4, -0.2) is 58.3 Å². The molecule has 1 amide bonds. The monoisotopic (exact) mass is 434 g/mol. The molecule has 1 aliphatic rings. The fraction of sp³-hybridized carbons (Fsp3) is 0.292. The summed E-state index contributed by atoms with van der Waals surface area (Å²) in [5.74, 6) is -1.08. The smallest absolute Gasteiger partial charge is 0.268 e. The van der Waals surface area contributed by atoms with E-state index < -0.39 is 11.5 Å². The molecule has 1 aliphatic heterocycles. The minimum absolute atomic E-state index is 0.317. The van der Waals surface area contributed by atoms with Gasteiger partial charge in [-0.25, -0.2) is 4.98 Å². The lowest BCUT2D eigenvalue weighted by Gasteiger charge is -2.27. The molecule has 1 saturated heterocycles. The van der Waals surface area contributed by atoms with E-state index in [0.29, 0.717) is 37.3 Å². The highest BCUT2D eigenvalue weighted by atomic mass is 16.5. The van der Waals surface area contributed by atoms with Crippen LogP contribution in [0.15, 0.2) is 54.1 Å². The molecule has 0 bridgehead atoms. The zero-order chi connectivity index (χ0) is 22.7. The first-order valence-electron chi connectivity index (χ1n) is 10.5. The van der Waals surface area contributed by atoms with Crippen molar-refractivity contribution in [3.05, 3.63) is 70.8 Å². The number of aryl methyl sites for hydroxylation is 1. The number of nitrogens with one attached hydrogen (secondary N) is 1. The third-order valence-corrected chi connectivity index (χ3v) is 5.66. The molecule has 0 atom stereocenters. The van der Waals surface area contributed by atoms with Gasteiger partial charge in [0, 0.05) is 37.9 Å². The SMILES string of the molecule is C=CNC(=O)c1c(O)c2cc(-c3ccc(C)cc3)cnc2n(CCN2CCOCC2)c1=O. The van der Waals surface area contributed by atoms with E-state index in [4.69, 9.17) is 4.74 Å². The molecule has 1 aromatic carbocycles. The summed E-state index contributed by atoms with van der Waals surface area (Å²) in [6.07, 6.45) is 2.87. The van der Waals surface area contributed by atoms with Crippen molar-refractivity contribution >= 4 is 16.9 Å². The Morgan fingerprint density at radius 2 is 1.94 bits per heavy atom. The van der Waals surface area contributed by atoms with Crippen LogP contribution in [0.25, 0.3) is 22.2 Å². The van der Waals surface area contributed by atoms with Crippen molar-refractivity contribution < 1.29 is 14.6 Å². The molecule has 8 nitrogen and oxygen atoms in total. The highest BCUT2D eigenvalue weighted by Gasteiger charge is 2.23. The lowest BCUT2D eigenvalue weighted by molar-refractivity contribution is 0.0364. The van der Waals surface area contributed by atoms with Crippen LogP contribution >= 0.6 is 0 Å². The molecule has 1 fully saturated rings. The van der Waals surface area contributed by atoms with Crippen molar-refractivity contribution in [3.63, 3.8) is 0 Å². The molecule has 2 N–H and O–H groups in total. The Morgan fingerprint density at radius 3 is 2.62 bits per heavy atom. The molecule has 2 aromatic heterocycles. The predicted molar refractivity (Wildman–Crippen MR) is 123 cm³/mol. The largest absolute Gasteiger partial charge is 0.506 e. The van der Waals surface area contributed by atoms with Crippen molar-refractivity contribution in [2.75, 3.05) is 32.8 Å². The van der Waals surface area contributed by atoms with Crippen LogP contribution in [-0.2, 0) is 11.3 Å². The second kappa shape index (κ2) is 9.33. The number of aromatic nitrogens is 2. The fourth-order valence-corrected chi connectivity index (χ4v) is 3.86. The Kier molecular flexibility index (Phi) is 6.34. The molecule has 0 aliphatic carbocycles. The normalized spacial score (nSPS) is 14.4. The van der Waals surface area contributed by atoms with Crippen LogP contribution in [0, 0.1) is 6.92 Å². The van der Waals surface area contributed by atoms with Crippen LogP contribution in [0.5, 0.6) is 5.75 Å². The summed E-state index contributed by atoms with van der Waals surface area (Å²) in [7, 11) is 0. The number of carbonyl (C=O) groups excluding carboxylic acids is 1. The Morgan fingerprint density at radius 1 is 1.22 bits per heavy atom. The Balaban J connectivity index is 1.83. The van der Waals surface area contributed by atoms with E-state index in [-0.39, 0.29) is 11.3 Å². The Bertz CT molecular complexity index is 1210. The average molecular weight is 434 g/mol. The van der Waals surface area contributed by atoms with Gasteiger partial charge < -0.3 is 15.2 Å². The maximum absolute atomic E-state index is 13.2. The summed E-state index contributed by atoms with van der Waals surface area (Å²) in [6, 6.07) is 9.68. The lowest BCUT2D eigenvalue weighted by atomic mass is 10.0. The number of fused-ring (bicyclic) bond motifs is 1. The van der Waals surface area contributed by atoms with Gasteiger partial charge in [0.15, 0.2) is 0 Å². The third kappa shape index (κ3) is 4.28. The van der Waals surface area contributed by atoms with Gasteiger partial charge in [-0.05, 0) is 24.8 Å². The molecule has 4 rings (SSSR count). The number of nitrogens with zero attached hydrogens (tertiary/aromatic N) is 3. The van der Waals surface area contributed by atoms with Crippen LogP contribution in [0.2, 0.25) is 0 Å². The topological polar surface area (TPSA) is 96.7 Å². The minimum Gasteiger partial charge on any atom is -0.506 e. The molecule has 32 heavy (non-hydrogen) atoms. The van der Waals surface area contributed by atoms with Crippen LogP contribution in [0.3, 0.4) is 0 Å². The van der Waals surface area contributed by atoms with Gasteiger partial charge in [-0.3, -0.25) is 19.1 Å². The molecule has 0 saturated carbocycles. The van der Waals surface area contributed by atoms with Crippen molar-refractivity contribution in [1.82, 2.24) is 19.8 Å². The predicted octanol–water partition coefficient (Wildman–Crippen LogP) is 2.28. The first kappa shape index (κ1) is 21.7. The number of ether oxygens (including phenoxy) is 1. The first-order chi connectivity index (χ1) is 15.5. The van der Waals surface area contributed by atoms with E-state index in [1.165, 1.54) is 10.8 Å². The molecule has 3 aromatic rings. The maximum Gasteiger partial charge on any atom is 0.268 e. The number of aromatic hydroxyl groups is 1. The van der Waals surface area contributed by atoms with Gasteiger partial charge in [0.25, 0.3) is 11.5 Å². The van der Waals surface area contributed by atoms with Gasteiger partial charge in [0.05, 0.1) is 18.6 Å². The zero-order valence-electron chi connectivity index (χ0n) is 18.0. The number of pyridine rings is 2. The van der Waals surface area contributed by atoms with E-state index in [9.17, 15) is 14.7 Å². The third-order valence-electron chi connectivity index (χ3n) is 5.66. The zero-order valence-corrected chi connectivity index (χ0v) is 18.0. The van der Waals surface area contributed by atoms with E-state index in [1.807, 2.05) is 31.2 Å². The van der Waals surface area contributed by atoms with Gasteiger partial charge in [0.1, 0.15) is 17.0 Å². The number of hydrogen-bond acceptors (Lipinski definition) is 6. The van der Waals surface area contributed by atoms with Gasteiger partial charge in [-0.15, -0.1) is 0 Å². The number of rotatable bonds is 6. The van der Waals surface area contributed by atoms with Crippen molar-refractivity contribution in [2.24, 2.45) is 0 Å². The van der Waals surface area contributed by atoms with Gasteiger partial charge in [-0.2, -0.15) is 0 Å². The number of morpholine rings is 1.